The monoisotopic (exact) mass is 455 g/mol. The van der Waals surface area contributed by atoms with Gasteiger partial charge in [0, 0.05) is 23.6 Å². The number of benzene rings is 2. The van der Waals surface area contributed by atoms with Crippen LogP contribution in [0.15, 0.2) is 76.9 Å². The van der Waals surface area contributed by atoms with Crippen molar-refractivity contribution in [1.82, 2.24) is 10.3 Å². The Kier molecular flexibility index (Phi) is 6.75. The highest BCUT2D eigenvalue weighted by atomic mass is 16.5. The summed E-state index contributed by atoms with van der Waals surface area (Å²) in [5, 5.41) is 22.2. The normalized spacial score (nSPS) is 11.2. The SMILES string of the molecule is N#CC(=Cc1ccc(OCc2ccc(C(=O)O)o2)cc1)C(=O)NCCc1c[nH]c2ccccc12. The fourth-order valence-corrected chi connectivity index (χ4v) is 3.44. The average Bonchev–Trinajstić information content (AvgIpc) is 3.49. The Bertz CT molecular complexity index is 1390. The standard InChI is InChI=1S/C26H21N3O5/c27-14-19(25(30)28-12-11-18-15-29-23-4-2-1-3-22(18)23)13-17-5-7-20(8-6-17)33-16-21-9-10-24(34-21)26(31)32/h1-10,13,15,29H,11-12,16H2,(H,28,30)(H,31,32). The first-order valence-corrected chi connectivity index (χ1v) is 10.5. The Balaban J connectivity index is 1.31. The number of hydrogen-bond donors (Lipinski definition) is 3. The predicted molar refractivity (Wildman–Crippen MR) is 125 cm³/mol. The number of amides is 1. The van der Waals surface area contributed by atoms with Gasteiger partial charge < -0.3 is 24.6 Å². The van der Waals surface area contributed by atoms with Gasteiger partial charge in [0.05, 0.1) is 0 Å². The number of carboxylic acids is 1. The highest BCUT2D eigenvalue weighted by Gasteiger charge is 2.11. The largest absolute Gasteiger partial charge is 0.486 e. The maximum atomic E-state index is 12.5. The number of aromatic amines is 1. The summed E-state index contributed by atoms with van der Waals surface area (Å²) in [4.78, 5) is 26.5. The van der Waals surface area contributed by atoms with E-state index in [9.17, 15) is 14.9 Å². The number of aromatic carboxylic acids is 1. The third-order valence-electron chi connectivity index (χ3n) is 5.16. The Morgan fingerprint density at radius 1 is 1.12 bits per heavy atom. The molecule has 1 amide bonds. The van der Waals surface area contributed by atoms with Gasteiger partial charge in [-0.25, -0.2) is 4.79 Å². The number of furan rings is 1. The second-order valence-electron chi connectivity index (χ2n) is 7.46. The zero-order valence-electron chi connectivity index (χ0n) is 18.1. The van der Waals surface area contributed by atoms with Crippen LogP contribution in [0, 0.1) is 11.3 Å². The summed E-state index contributed by atoms with van der Waals surface area (Å²) in [6.07, 6.45) is 4.08. The van der Waals surface area contributed by atoms with Gasteiger partial charge in [-0.05, 0) is 54.0 Å². The van der Waals surface area contributed by atoms with Gasteiger partial charge in [-0.1, -0.05) is 30.3 Å². The molecule has 0 aliphatic rings. The smallest absolute Gasteiger partial charge is 0.371 e. The first-order chi connectivity index (χ1) is 16.5. The average molecular weight is 455 g/mol. The van der Waals surface area contributed by atoms with Crippen molar-refractivity contribution in [3.05, 3.63) is 95.1 Å². The molecule has 34 heavy (non-hydrogen) atoms. The zero-order chi connectivity index (χ0) is 23.9. The van der Waals surface area contributed by atoms with Crippen molar-refractivity contribution in [2.45, 2.75) is 13.0 Å². The first kappa shape index (κ1) is 22.4. The lowest BCUT2D eigenvalue weighted by Gasteiger charge is -2.06. The van der Waals surface area contributed by atoms with E-state index in [1.54, 1.807) is 24.3 Å². The number of hydrogen-bond acceptors (Lipinski definition) is 5. The van der Waals surface area contributed by atoms with Gasteiger partial charge in [0.25, 0.3) is 5.91 Å². The molecule has 0 fully saturated rings. The van der Waals surface area contributed by atoms with Crippen LogP contribution in [0.5, 0.6) is 5.75 Å². The van der Waals surface area contributed by atoms with E-state index in [4.69, 9.17) is 14.3 Å². The van der Waals surface area contributed by atoms with Crippen molar-refractivity contribution >= 4 is 28.9 Å². The number of carbonyl (C=O) groups excluding carboxylic acids is 1. The first-order valence-electron chi connectivity index (χ1n) is 10.5. The summed E-state index contributed by atoms with van der Waals surface area (Å²) < 4.78 is 10.7. The second-order valence-corrected chi connectivity index (χ2v) is 7.46. The molecule has 8 heteroatoms. The minimum absolute atomic E-state index is 0.00406. The van der Waals surface area contributed by atoms with Crippen LogP contribution in [0.2, 0.25) is 0 Å². The molecule has 0 atom stereocenters. The van der Waals surface area contributed by atoms with Gasteiger partial charge in [-0.2, -0.15) is 5.26 Å². The van der Waals surface area contributed by atoms with Crippen molar-refractivity contribution in [2.75, 3.05) is 6.54 Å². The van der Waals surface area contributed by atoms with Gasteiger partial charge in [0.2, 0.25) is 5.76 Å². The molecule has 0 aliphatic heterocycles. The molecule has 0 saturated heterocycles. The highest BCUT2D eigenvalue weighted by Crippen LogP contribution is 2.19. The lowest BCUT2D eigenvalue weighted by atomic mass is 10.1. The summed E-state index contributed by atoms with van der Waals surface area (Å²) in [6, 6.07) is 19.6. The molecule has 2 aromatic carbocycles. The number of nitrogens with one attached hydrogen (secondary N) is 2. The number of carboxylic acid groups (broad SMARTS) is 1. The van der Waals surface area contributed by atoms with Gasteiger partial charge in [0.1, 0.15) is 29.8 Å². The number of H-pyrrole nitrogens is 1. The van der Waals surface area contributed by atoms with Crippen molar-refractivity contribution in [3.8, 4) is 11.8 Å². The number of aromatic nitrogens is 1. The van der Waals surface area contributed by atoms with Crippen LogP contribution in [0.3, 0.4) is 0 Å². The van der Waals surface area contributed by atoms with Crippen molar-refractivity contribution in [1.29, 1.82) is 5.26 Å². The van der Waals surface area contributed by atoms with Gasteiger partial charge in [0.15, 0.2) is 0 Å². The van der Waals surface area contributed by atoms with E-state index in [-0.39, 0.29) is 17.9 Å². The van der Waals surface area contributed by atoms with Crippen LogP contribution in [0.4, 0.5) is 0 Å². The number of nitrogens with zero attached hydrogens (tertiary/aromatic N) is 1. The van der Waals surface area contributed by atoms with Crippen molar-refractivity contribution in [3.63, 3.8) is 0 Å². The van der Waals surface area contributed by atoms with E-state index in [1.165, 1.54) is 18.2 Å². The zero-order valence-corrected chi connectivity index (χ0v) is 18.1. The van der Waals surface area contributed by atoms with Crippen LogP contribution in [0.25, 0.3) is 17.0 Å². The molecule has 170 valence electrons. The van der Waals surface area contributed by atoms with E-state index >= 15 is 0 Å². The number of rotatable bonds is 9. The fourth-order valence-electron chi connectivity index (χ4n) is 3.44. The van der Waals surface area contributed by atoms with Crippen LogP contribution in [-0.4, -0.2) is 28.5 Å². The molecule has 0 unspecified atom stereocenters. The van der Waals surface area contributed by atoms with Crippen LogP contribution >= 0.6 is 0 Å². The fraction of sp³-hybridized carbons (Fsp3) is 0.115. The van der Waals surface area contributed by atoms with Crippen LogP contribution in [0.1, 0.15) is 27.4 Å². The molecule has 0 saturated carbocycles. The van der Waals surface area contributed by atoms with Gasteiger partial charge in [-0.3, -0.25) is 4.79 Å². The van der Waals surface area contributed by atoms with Crippen molar-refractivity contribution in [2.24, 2.45) is 0 Å². The summed E-state index contributed by atoms with van der Waals surface area (Å²) >= 11 is 0. The minimum Gasteiger partial charge on any atom is -0.486 e. The van der Waals surface area contributed by atoms with Crippen LogP contribution < -0.4 is 10.1 Å². The molecule has 8 nitrogen and oxygen atoms in total. The third kappa shape index (κ3) is 5.34. The topological polar surface area (TPSA) is 128 Å². The predicted octanol–water partition coefficient (Wildman–Crippen LogP) is 4.30. The van der Waals surface area contributed by atoms with Gasteiger partial charge in [-0.15, -0.1) is 0 Å². The number of fused-ring (bicyclic) bond motifs is 1. The van der Waals surface area contributed by atoms with E-state index in [0.717, 1.165) is 16.5 Å². The highest BCUT2D eigenvalue weighted by molar-refractivity contribution is 6.01. The van der Waals surface area contributed by atoms with Crippen LogP contribution in [-0.2, 0) is 17.8 Å². The number of carbonyl (C=O) groups is 2. The molecule has 0 aliphatic carbocycles. The summed E-state index contributed by atoms with van der Waals surface area (Å²) in [5.74, 6) is -0.806. The number of para-hydroxylation sites is 1. The van der Waals surface area contributed by atoms with E-state index in [0.29, 0.717) is 30.0 Å². The quantitative estimate of drug-likeness (QED) is 0.255. The Morgan fingerprint density at radius 2 is 1.91 bits per heavy atom. The summed E-state index contributed by atoms with van der Waals surface area (Å²) in [5.41, 5.74) is 2.82. The molecule has 2 aromatic heterocycles. The Labute approximate surface area is 195 Å². The van der Waals surface area contributed by atoms with E-state index in [2.05, 4.69) is 10.3 Å². The second kappa shape index (κ2) is 10.2. The Hall–Kier alpha value is -4.77. The molecule has 0 radical (unpaired) electrons. The number of ether oxygens (including phenoxy) is 1. The molecule has 3 N–H and O–H groups in total. The van der Waals surface area contributed by atoms with Crippen molar-refractivity contribution < 1.29 is 23.8 Å². The Morgan fingerprint density at radius 3 is 2.65 bits per heavy atom. The molecule has 0 spiro atoms. The summed E-state index contributed by atoms with van der Waals surface area (Å²) in [7, 11) is 0. The molecular formula is C26H21N3O5. The lowest BCUT2D eigenvalue weighted by Crippen LogP contribution is -2.26. The number of nitriles is 1. The molecule has 2 heterocycles. The summed E-state index contributed by atoms with van der Waals surface area (Å²) in [6.45, 7) is 0.480. The molecule has 0 bridgehead atoms. The minimum atomic E-state index is -1.14. The molecule has 4 aromatic rings. The molecular weight excluding hydrogens is 434 g/mol. The lowest BCUT2D eigenvalue weighted by molar-refractivity contribution is -0.117. The maximum Gasteiger partial charge on any atom is 0.371 e. The van der Waals surface area contributed by atoms with E-state index < -0.39 is 11.9 Å². The van der Waals surface area contributed by atoms with E-state index in [1.807, 2.05) is 36.5 Å². The van der Waals surface area contributed by atoms with Gasteiger partial charge >= 0.3 is 5.97 Å². The third-order valence-corrected chi connectivity index (χ3v) is 5.16. The maximum absolute atomic E-state index is 12.5. The molecule has 4 rings (SSSR count).